The van der Waals surface area contributed by atoms with Crippen LogP contribution in [0.25, 0.3) is 11.3 Å². The van der Waals surface area contributed by atoms with E-state index in [4.69, 9.17) is 4.42 Å². The fraction of sp³-hybridized carbons (Fsp3) is 0.188. The lowest BCUT2D eigenvalue weighted by Crippen LogP contribution is -2.23. The Hall–Kier alpha value is -2.69. The van der Waals surface area contributed by atoms with Gasteiger partial charge in [0.2, 0.25) is 11.6 Å². The van der Waals surface area contributed by atoms with Crippen molar-refractivity contribution in [3.63, 3.8) is 0 Å². The summed E-state index contributed by atoms with van der Waals surface area (Å²) in [4.78, 5) is 36.4. The predicted molar refractivity (Wildman–Crippen MR) is 75.5 cm³/mol. The number of carbonyl (C=O) groups is 3. The number of amides is 1. The van der Waals surface area contributed by atoms with Gasteiger partial charge in [-0.1, -0.05) is 24.3 Å². The van der Waals surface area contributed by atoms with Crippen LogP contribution in [0.3, 0.4) is 0 Å². The Labute approximate surface area is 121 Å². The molecule has 0 atom stereocenters. The quantitative estimate of drug-likeness (QED) is 0.858. The van der Waals surface area contributed by atoms with Gasteiger partial charge in [0.05, 0.1) is 5.56 Å². The van der Waals surface area contributed by atoms with E-state index in [2.05, 4.69) is 5.32 Å². The number of benzene rings is 1. The van der Waals surface area contributed by atoms with Gasteiger partial charge in [0.25, 0.3) is 5.91 Å². The van der Waals surface area contributed by atoms with Gasteiger partial charge in [0.1, 0.15) is 5.76 Å². The van der Waals surface area contributed by atoms with E-state index in [9.17, 15) is 14.4 Å². The van der Waals surface area contributed by atoms with E-state index in [1.54, 1.807) is 38.1 Å². The molecular formula is C16H13NO4. The zero-order valence-corrected chi connectivity index (χ0v) is 11.6. The largest absolute Gasteiger partial charge is 0.450 e. The smallest absolute Gasteiger partial charge is 0.287 e. The molecule has 21 heavy (non-hydrogen) atoms. The van der Waals surface area contributed by atoms with Crippen LogP contribution in [0.5, 0.6) is 0 Å². The van der Waals surface area contributed by atoms with Crippen molar-refractivity contribution in [1.82, 2.24) is 5.32 Å². The zero-order valence-electron chi connectivity index (χ0n) is 11.6. The number of hydrogen-bond acceptors (Lipinski definition) is 4. The third-order valence-electron chi connectivity index (χ3n) is 3.54. The topological polar surface area (TPSA) is 76.4 Å². The summed E-state index contributed by atoms with van der Waals surface area (Å²) in [6, 6.07) is 6.75. The first-order chi connectivity index (χ1) is 10.1. The zero-order chi connectivity index (χ0) is 15.1. The molecule has 0 radical (unpaired) electrons. The average molecular weight is 283 g/mol. The standard InChI is InChI=1S/C16H13NO4/c1-3-17-16(20)14-8(2)11-13(19)12(18)9-6-4-5-7-10(9)15(11)21-14/h4-7H,3H2,1-2H3,(H,17,20). The van der Waals surface area contributed by atoms with Crippen molar-refractivity contribution in [1.29, 1.82) is 0 Å². The third kappa shape index (κ3) is 1.81. The van der Waals surface area contributed by atoms with Crippen LogP contribution in [0.2, 0.25) is 0 Å². The summed E-state index contributed by atoms with van der Waals surface area (Å²) >= 11 is 0. The molecule has 0 saturated heterocycles. The molecule has 0 bridgehead atoms. The van der Waals surface area contributed by atoms with E-state index in [-0.39, 0.29) is 17.2 Å². The van der Waals surface area contributed by atoms with Crippen LogP contribution in [-0.2, 0) is 0 Å². The van der Waals surface area contributed by atoms with Gasteiger partial charge < -0.3 is 9.73 Å². The first-order valence-corrected chi connectivity index (χ1v) is 6.66. The Morgan fingerprint density at radius 1 is 1.14 bits per heavy atom. The second kappa shape index (κ2) is 4.70. The maximum absolute atomic E-state index is 12.3. The van der Waals surface area contributed by atoms with Crippen LogP contribution in [0, 0.1) is 6.92 Å². The molecule has 1 aliphatic rings. The third-order valence-corrected chi connectivity index (χ3v) is 3.54. The van der Waals surface area contributed by atoms with Gasteiger partial charge in [-0.05, 0) is 13.8 Å². The Morgan fingerprint density at radius 2 is 1.81 bits per heavy atom. The van der Waals surface area contributed by atoms with Gasteiger partial charge in [-0.2, -0.15) is 0 Å². The Balaban J connectivity index is 2.26. The first kappa shape index (κ1) is 13.3. The van der Waals surface area contributed by atoms with Crippen molar-refractivity contribution in [3.05, 3.63) is 46.7 Å². The molecule has 0 spiro atoms. The summed E-state index contributed by atoms with van der Waals surface area (Å²) in [6.07, 6.45) is 0. The summed E-state index contributed by atoms with van der Waals surface area (Å²) in [5.74, 6) is -1.19. The highest BCUT2D eigenvalue weighted by molar-refractivity contribution is 6.53. The summed E-state index contributed by atoms with van der Waals surface area (Å²) in [5.41, 5.74) is 1.46. The Kier molecular flexibility index (Phi) is 2.97. The minimum absolute atomic E-state index is 0.0831. The minimum Gasteiger partial charge on any atom is -0.450 e. The van der Waals surface area contributed by atoms with Gasteiger partial charge in [-0.15, -0.1) is 0 Å². The van der Waals surface area contributed by atoms with Crippen LogP contribution in [0.4, 0.5) is 0 Å². The molecule has 106 valence electrons. The van der Waals surface area contributed by atoms with Gasteiger partial charge >= 0.3 is 0 Å². The molecule has 0 unspecified atom stereocenters. The highest BCUT2D eigenvalue weighted by Crippen LogP contribution is 2.38. The van der Waals surface area contributed by atoms with Crippen LogP contribution in [0.1, 0.15) is 43.8 Å². The van der Waals surface area contributed by atoms with Crippen molar-refractivity contribution in [2.75, 3.05) is 6.54 Å². The fourth-order valence-corrected chi connectivity index (χ4v) is 2.55. The van der Waals surface area contributed by atoms with E-state index >= 15 is 0 Å². The van der Waals surface area contributed by atoms with Gasteiger partial charge in [-0.25, -0.2) is 0 Å². The van der Waals surface area contributed by atoms with Crippen molar-refractivity contribution in [2.24, 2.45) is 0 Å². The molecule has 1 aromatic carbocycles. The van der Waals surface area contributed by atoms with Gasteiger partial charge in [-0.3, -0.25) is 14.4 Å². The fourth-order valence-electron chi connectivity index (χ4n) is 2.55. The molecule has 1 N–H and O–H groups in total. The molecular weight excluding hydrogens is 270 g/mol. The van der Waals surface area contributed by atoms with E-state index in [1.165, 1.54) is 0 Å². The molecule has 0 saturated carbocycles. The average Bonchev–Trinajstić information content (AvgIpc) is 2.83. The number of Topliss-reactive ketones (excluding diaryl/α,β-unsaturated/α-hetero) is 2. The maximum Gasteiger partial charge on any atom is 0.287 e. The predicted octanol–water partition coefficient (Wildman–Crippen LogP) is 2.38. The second-order valence-corrected chi connectivity index (χ2v) is 4.82. The summed E-state index contributed by atoms with van der Waals surface area (Å²) in [7, 11) is 0. The summed E-state index contributed by atoms with van der Waals surface area (Å²) in [6.45, 7) is 3.86. The minimum atomic E-state index is -0.625. The molecule has 1 amide bonds. The molecule has 5 heteroatoms. The molecule has 3 rings (SSSR count). The lowest BCUT2D eigenvalue weighted by molar-refractivity contribution is 0.0814. The molecule has 0 aliphatic heterocycles. The highest BCUT2D eigenvalue weighted by Gasteiger charge is 2.37. The van der Waals surface area contributed by atoms with Crippen molar-refractivity contribution in [3.8, 4) is 11.3 Å². The molecule has 1 aliphatic carbocycles. The van der Waals surface area contributed by atoms with Crippen LogP contribution in [0.15, 0.2) is 28.7 Å². The van der Waals surface area contributed by atoms with E-state index in [1.807, 2.05) is 0 Å². The molecule has 1 aromatic heterocycles. The number of furan rings is 1. The lowest BCUT2D eigenvalue weighted by Gasteiger charge is -2.12. The summed E-state index contributed by atoms with van der Waals surface area (Å²) in [5, 5.41) is 2.63. The number of carbonyl (C=O) groups excluding carboxylic acids is 3. The molecule has 5 nitrogen and oxygen atoms in total. The van der Waals surface area contributed by atoms with Crippen LogP contribution < -0.4 is 5.32 Å². The van der Waals surface area contributed by atoms with Crippen molar-refractivity contribution < 1.29 is 18.8 Å². The van der Waals surface area contributed by atoms with Crippen molar-refractivity contribution in [2.45, 2.75) is 13.8 Å². The van der Waals surface area contributed by atoms with Crippen LogP contribution in [-0.4, -0.2) is 24.0 Å². The Bertz CT molecular complexity index is 786. The van der Waals surface area contributed by atoms with Crippen molar-refractivity contribution >= 4 is 17.5 Å². The number of nitrogens with one attached hydrogen (secondary N) is 1. The van der Waals surface area contributed by atoms with Gasteiger partial charge in [0, 0.05) is 23.2 Å². The lowest BCUT2D eigenvalue weighted by atomic mass is 9.87. The summed E-state index contributed by atoms with van der Waals surface area (Å²) < 4.78 is 5.61. The first-order valence-electron chi connectivity index (χ1n) is 6.66. The number of hydrogen-bond donors (Lipinski definition) is 1. The molecule has 0 fully saturated rings. The SMILES string of the molecule is CCNC(=O)c1oc2c(c1C)C(=O)C(=O)c1ccccc1-2. The molecule has 2 aromatic rings. The second-order valence-electron chi connectivity index (χ2n) is 4.82. The van der Waals surface area contributed by atoms with E-state index in [0.717, 1.165) is 0 Å². The Morgan fingerprint density at radius 3 is 2.48 bits per heavy atom. The monoisotopic (exact) mass is 283 g/mol. The van der Waals surface area contributed by atoms with Gasteiger partial charge in [0.15, 0.2) is 5.76 Å². The number of rotatable bonds is 2. The van der Waals surface area contributed by atoms with Crippen LogP contribution >= 0.6 is 0 Å². The van der Waals surface area contributed by atoms with E-state index < -0.39 is 11.6 Å². The number of fused-ring (bicyclic) bond motifs is 3. The normalized spacial score (nSPS) is 12.9. The van der Waals surface area contributed by atoms with E-state index in [0.29, 0.717) is 29.0 Å². The molecule has 1 heterocycles. The maximum atomic E-state index is 12.3. The highest BCUT2D eigenvalue weighted by atomic mass is 16.4. The number of ketones is 2.